The molecule has 2 heterocycles. The Kier molecular flexibility index (Phi) is 2.18. The summed E-state index contributed by atoms with van der Waals surface area (Å²) in [6, 6.07) is 7.53. The second kappa shape index (κ2) is 3.69. The molecule has 2 aromatic rings. The summed E-state index contributed by atoms with van der Waals surface area (Å²) in [5.41, 5.74) is 0.943. The minimum absolute atomic E-state index is 0.299. The van der Waals surface area contributed by atoms with E-state index in [0.717, 1.165) is 23.9 Å². The highest BCUT2D eigenvalue weighted by Gasteiger charge is 2.23. The van der Waals surface area contributed by atoms with Crippen LogP contribution in [0, 0.1) is 0 Å². The summed E-state index contributed by atoms with van der Waals surface area (Å²) in [4.78, 5) is 10.7. The highest BCUT2D eigenvalue weighted by molar-refractivity contribution is 5.91. The second-order valence-corrected chi connectivity index (χ2v) is 3.87. The zero-order valence-corrected chi connectivity index (χ0v) is 9.05. The minimum atomic E-state index is -1.32. The van der Waals surface area contributed by atoms with Gasteiger partial charge in [0.15, 0.2) is 0 Å². The predicted molar refractivity (Wildman–Crippen MR) is 60.7 cm³/mol. The number of carboxylic acid groups (broad SMARTS) is 1. The van der Waals surface area contributed by atoms with Crippen molar-refractivity contribution >= 4 is 17.1 Å². The van der Waals surface area contributed by atoms with Crippen molar-refractivity contribution in [1.82, 2.24) is 4.57 Å². The molecule has 0 bridgehead atoms. The van der Waals surface area contributed by atoms with Gasteiger partial charge in [-0.1, -0.05) is 12.1 Å². The molecule has 1 aromatic heterocycles. The maximum Gasteiger partial charge on any atom is 0.511 e. The van der Waals surface area contributed by atoms with Gasteiger partial charge in [-0.3, -0.25) is 0 Å². The largest absolute Gasteiger partial charge is 0.511 e. The van der Waals surface area contributed by atoms with Gasteiger partial charge in [0.25, 0.3) is 0 Å². The Bertz CT molecular complexity index is 587. The summed E-state index contributed by atoms with van der Waals surface area (Å²) in [7, 11) is 0. The number of benzene rings is 1. The molecular weight excluding hydrogens is 222 g/mol. The molecule has 0 atom stereocenters. The van der Waals surface area contributed by atoms with E-state index in [2.05, 4.69) is 0 Å². The fourth-order valence-electron chi connectivity index (χ4n) is 2.19. The number of carbonyl (C=O) groups is 1. The Morgan fingerprint density at radius 3 is 3.06 bits per heavy atom. The van der Waals surface area contributed by atoms with Crippen LogP contribution in [0.3, 0.4) is 0 Å². The average molecular weight is 233 g/mol. The van der Waals surface area contributed by atoms with Gasteiger partial charge in [-0.25, -0.2) is 4.79 Å². The standard InChI is InChI=1S/C12H11NO4/c14-12(15)17-10-8-4-1-2-5-9(8)13-6-3-7-16-11(10)13/h1-2,4-5H,3,6-7H2,(H,14,15). The summed E-state index contributed by atoms with van der Waals surface area (Å²) in [6.45, 7) is 1.41. The van der Waals surface area contributed by atoms with Crippen molar-refractivity contribution in [2.24, 2.45) is 0 Å². The average Bonchev–Trinajstić information content (AvgIpc) is 2.65. The van der Waals surface area contributed by atoms with E-state index in [-0.39, 0.29) is 0 Å². The number of hydrogen-bond acceptors (Lipinski definition) is 3. The zero-order valence-electron chi connectivity index (χ0n) is 9.05. The van der Waals surface area contributed by atoms with E-state index in [9.17, 15) is 4.79 Å². The van der Waals surface area contributed by atoms with Gasteiger partial charge in [-0.15, -0.1) is 0 Å². The molecule has 5 heteroatoms. The van der Waals surface area contributed by atoms with Crippen LogP contribution >= 0.6 is 0 Å². The molecule has 0 aliphatic carbocycles. The molecule has 1 aliphatic rings. The van der Waals surface area contributed by atoms with Gasteiger partial charge < -0.3 is 19.1 Å². The second-order valence-electron chi connectivity index (χ2n) is 3.87. The summed E-state index contributed by atoms with van der Waals surface area (Å²) in [6.07, 6.45) is -0.406. The summed E-state index contributed by atoms with van der Waals surface area (Å²) < 4.78 is 12.3. The fraction of sp³-hybridized carbons (Fsp3) is 0.250. The first-order valence-corrected chi connectivity index (χ1v) is 5.42. The van der Waals surface area contributed by atoms with Crippen LogP contribution in [0.1, 0.15) is 6.42 Å². The van der Waals surface area contributed by atoms with Crippen LogP contribution in [-0.4, -0.2) is 22.4 Å². The van der Waals surface area contributed by atoms with Crippen molar-refractivity contribution in [1.29, 1.82) is 0 Å². The van der Waals surface area contributed by atoms with Crippen LogP contribution in [0.2, 0.25) is 0 Å². The molecule has 0 saturated carbocycles. The van der Waals surface area contributed by atoms with Gasteiger partial charge >= 0.3 is 6.16 Å². The number of ether oxygens (including phenoxy) is 2. The van der Waals surface area contributed by atoms with Crippen molar-refractivity contribution < 1.29 is 19.4 Å². The number of para-hydroxylation sites is 1. The topological polar surface area (TPSA) is 60.7 Å². The van der Waals surface area contributed by atoms with Crippen molar-refractivity contribution in [3.63, 3.8) is 0 Å². The number of hydrogen-bond donors (Lipinski definition) is 1. The summed E-state index contributed by atoms with van der Waals surface area (Å²) in [5.74, 6) is 0.813. The van der Waals surface area contributed by atoms with E-state index < -0.39 is 6.16 Å². The Balaban J connectivity index is 2.27. The number of aryl methyl sites for hydroxylation is 1. The highest BCUT2D eigenvalue weighted by atomic mass is 16.7. The highest BCUT2D eigenvalue weighted by Crippen LogP contribution is 2.40. The lowest BCUT2D eigenvalue weighted by Crippen LogP contribution is -2.14. The smallest absolute Gasteiger partial charge is 0.476 e. The fourth-order valence-corrected chi connectivity index (χ4v) is 2.19. The monoisotopic (exact) mass is 233 g/mol. The molecule has 0 fully saturated rings. The lowest BCUT2D eigenvalue weighted by molar-refractivity contribution is 0.140. The van der Waals surface area contributed by atoms with Crippen LogP contribution < -0.4 is 9.47 Å². The molecule has 0 spiro atoms. The number of rotatable bonds is 1. The van der Waals surface area contributed by atoms with Crippen molar-refractivity contribution in [2.75, 3.05) is 6.61 Å². The van der Waals surface area contributed by atoms with Crippen LogP contribution in [0.25, 0.3) is 10.9 Å². The molecule has 1 N–H and O–H groups in total. The van der Waals surface area contributed by atoms with Crippen LogP contribution in [0.15, 0.2) is 24.3 Å². The van der Waals surface area contributed by atoms with E-state index in [0.29, 0.717) is 18.2 Å². The number of fused-ring (bicyclic) bond motifs is 3. The number of aromatic nitrogens is 1. The van der Waals surface area contributed by atoms with Gasteiger partial charge in [0.1, 0.15) is 0 Å². The van der Waals surface area contributed by atoms with Gasteiger partial charge in [0.05, 0.1) is 12.1 Å². The normalized spacial score (nSPS) is 14.1. The third-order valence-corrected chi connectivity index (χ3v) is 2.83. The molecule has 5 nitrogen and oxygen atoms in total. The number of nitrogens with zero attached hydrogens (tertiary/aromatic N) is 1. The van der Waals surface area contributed by atoms with E-state index >= 15 is 0 Å². The lowest BCUT2D eigenvalue weighted by Gasteiger charge is -2.17. The first-order valence-electron chi connectivity index (χ1n) is 5.42. The first kappa shape index (κ1) is 10.0. The lowest BCUT2D eigenvalue weighted by atomic mass is 10.2. The Morgan fingerprint density at radius 1 is 1.41 bits per heavy atom. The first-order chi connectivity index (χ1) is 8.27. The Morgan fingerprint density at radius 2 is 2.24 bits per heavy atom. The quantitative estimate of drug-likeness (QED) is 0.768. The molecule has 0 unspecified atom stereocenters. The van der Waals surface area contributed by atoms with E-state index in [4.69, 9.17) is 14.6 Å². The van der Waals surface area contributed by atoms with Crippen LogP contribution in [-0.2, 0) is 6.54 Å². The van der Waals surface area contributed by atoms with Crippen molar-refractivity contribution in [3.8, 4) is 11.6 Å². The molecule has 17 heavy (non-hydrogen) atoms. The molecule has 1 aliphatic heterocycles. The third-order valence-electron chi connectivity index (χ3n) is 2.83. The van der Waals surface area contributed by atoms with E-state index in [1.165, 1.54) is 0 Å². The Labute approximate surface area is 97.2 Å². The molecule has 0 saturated heterocycles. The predicted octanol–water partition coefficient (Wildman–Crippen LogP) is 2.48. The zero-order chi connectivity index (χ0) is 11.8. The van der Waals surface area contributed by atoms with Crippen molar-refractivity contribution in [2.45, 2.75) is 13.0 Å². The Hall–Kier alpha value is -2.17. The van der Waals surface area contributed by atoms with Crippen LogP contribution in [0.5, 0.6) is 11.6 Å². The van der Waals surface area contributed by atoms with E-state index in [1.807, 2.05) is 28.8 Å². The molecular formula is C12H11NO4. The molecule has 1 aromatic carbocycles. The SMILES string of the molecule is O=C(O)Oc1c2n(c3ccccc13)CCCO2. The molecule has 3 rings (SSSR count). The molecule has 88 valence electrons. The van der Waals surface area contributed by atoms with Gasteiger partial charge in [0.2, 0.25) is 11.6 Å². The van der Waals surface area contributed by atoms with Crippen LogP contribution in [0.4, 0.5) is 4.79 Å². The third kappa shape index (κ3) is 1.51. The summed E-state index contributed by atoms with van der Waals surface area (Å²) >= 11 is 0. The maximum atomic E-state index is 10.7. The van der Waals surface area contributed by atoms with Gasteiger partial charge in [-0.2, -0.15) is 0 Å². The van der Waals surface area contributed by atoms with Gasteiger partial charge in [-0.05, 0) is 18.6 Å². The minimum Gasteiger partial charge on any atom is -0.476 e. The van der Waals surface area contributed by atoms with Gasteiger partial charge in [0, 0.05) is 11.9 Å². The molecule has 0 radical (unpaired) electrons. The van der Waals surface area contributed by atoms with E-state index in [1.54, 1.807) is 0 Å². The summed E-state index contributed by atoms with van der Waals surface area (Å²) in [5, 5.41) is 9.53. The maximum absolute atomic E-state index is 10.7. The van der Waals surface area contributed by atoms with Crippen molar-refractivity contribution in [3.05, 3.63) is 24.3 Å². The molecule has 0 amide bonds.